The smallest absolute Gasteiger partial charge is 0.323 e. The topological polar surface area (TPSA) is 77.8 Å². The first-order chi connectivity index (χ1) is 11.4. The molecule has 2 unspecified atom stereocenters. The lowest BCUT2D eigenvalue weighted by Crippen LogP contribution is -2.57. The summed E-state index contributed by atoms with van der Waals surface area (Å²) in [5.41, 5.74) is 1.78. The van der Waals surface area contributed by atoms with Gasteiger partial charge in [0.1, 0.15) is 0 Å². The average Bonchev–Trinajstić information content (AvgIpc) is 2.84. The zero-order chi connectivity index (χ0) is 16.5. The van der Waals surface area contributed by atoms with Crippen molar-refractivity contribution in [2.75, 3.05) is 5.32 Å². The Morgan fingerprint density at radius 2 is 1.83 bits per heavy atom. The summed E-state index contributed by atoms with van der Waals surface area (Å²) in [5, 5.41) is 3.12. The molecule has 126 valence electrons. The number of aromatic nitrogens is 2. The van der Waals surface area contributed by atoms with Crippen LogP contribution in [-0.2, 0) is 4.79 Å². The van der Waals surface area contributed by atoms with E-state index in [1.165, 1.54) is 19.3 Å². The van der Waals surface area contributed by atoms with Crippen molar-refractivity contribution in [3.63, 3.8) is 0 Å². The lowest BCUT2D eigenvalue weighted by molar-refractivity contribution is -0.138. The van der Waals surface area contributed by atoms with Crippen molar-refractivity contribution >= 4 is 38.6 Å². The summed E-state index contributed by atoms with van der Waals surface area (Å²) in [4.78, 5) is 30.0. The van der Waals surface area contributed by atoms with E-state index in [1.54, 1.807) is 0 Å². The van der Waals surface area contributed by atoms with Crippen LogP contribution >= 0.6 is 15.9 Å². The van der Waals surface area contributed by atoms with Crippen LogP contribution in [0.4, 0.5) is 5.69 Å². The van der Waals surface area contributed by atoms with Crippen LogP contribution < -0.4 is 11.0 Å². The van der Waals surface area contributed by atoms with Crippen LogP contribution in [0.15, 0.2) is 23.0 Å². The highest BCUT2D eigenvalue weighted by Gasteiger charge is 2.59. The first-order valence-corrected chi connectivity index (χ1v) is 9.45. The van der Waals surface area contributed by atoms with Gasteiger partial charge in [0.25, 0.3) is 0 Å². The number of aromatic amines is 2. The number of hydrogen-bond donors (Lipinski definition) is 3. The first-order valence-electron chi connectivity index (χ1n) is 8.66. The Labute approximate surface area is 147 Å². The molecule has 2 atom stereocenters. The number of halogens is 1. The van der Waals surface area contributed by atoms with Crippen LogP contribution in [0.3, 0.4) is 0 Å². The van der Waals surface area contributed by atoms with Crippen molar-refractivity contribution in [3.05, 3.63) is 28.7 Å². The van der Waals surface area contributed by atoms with Gasteiger partial charge in [0.2, 0.25) is 5.91 Å². The fourth-order valence-electron chi connectivity index (χ4n) is 5.79. The number of nitrogens with one attached hydrogen (secondary N) is 3. The van der Waals surface area contributed by atoms with Crippen LogP contribution in [0.25, 0.3) is 11.0 Å². The van der Waals surface area contributed by atoms with Gasteiger partial charge in [0, 0.05) is 10.0 Å². The Bertz CT molecular complexity index is 885. The molecular weight excluding hydrogens is 370 g/mol. The number of H-pyrrole nitrogens is 2. The number of carbonyl (C=O) groups excluding carboxylic acids is 1. The molecule has 0 spiro atoms. The predicted octanol–water partition coefficient (Wildman–Crippen LogP) is 3.53. The van der Waals surface area contributed by atoms with Gasteiger partial charge in [-0.3, -0.25) is 4.79 Å². The van der Waals surface area contributed by atoms with Gasteiger partial charge >= 0.3 is 5.69 Å². The van der Waals surface area contributed by atoms with Crippen LogP contribution in [0.2, 0.25) is 0 Å². The van der Waals surface area contributed by atoms with Crippen molar-refractivity contribution in [1.29, 1.82) is 0 Å². The molecule has 4 bridgehead atoms. The van der Waals surface area contributed by atoms with Crippen LogP contribution in [-0.4, -0.2) is 20.2 Å². The highest BCUT2D eigenvalue weighted by molar-refractivity contribution is 9.10. The van der Waals surface area contributed by atoms with Gasteiger partial charge in [-0.2, -0.15) is 0 Å². The molecule has 4 saturated carbocycles. The number of imidazole rings is 1. The summed E-state index contributed by atoms with van der Waals surface area (Å²) in [7, 11) is 0. The SMILES string of the molecule is O=C(Nc1ccc2[nH]c(=O)[nH]c2c1)C12CC3CC(CC(Br)(C3)C1)C2. The van der Waals surface area contributed by atoms with E-state index in [0.717, 1.165) is 36.0 Å². The maximum Gasteiger partial charge on any atom is 0.323 e. The van der Waals surface area contributed by atoms with Gasteiger partial charge < -0.3 is 15.3 Å². The van der Waals surface area contributed by atoms with Crippen LogP contribution in [0, 0.1) is 17.3 Å². The van der Waals surface area contributed by atoms with E-state index >= 15 is 0 Å². The van der Waals surface area contributed by atoms with E-state index in [2.05, 4.69) is 31.2 Å². The number of fused-ring (bicyclic) bond motifs is 1. The lowest BCUT2D eigenvalue weighted by atomic mass is 9.49. The Kier molecular flexibility index (Phi) is 2.92. The molecule has 3 N–H and O–H groups in total. The third-order valence-corrected chi connectivity index (χ3v) is 7.17. The molecule has 4 fully saturated rings. The van der Waals surface area contributed by atoms with Gasteiger partial charge in [-0.05, 0) is 68.6 Å². The van der Waals surface area contributed by atoms with Crippen molar-refractivity contribution < 1.29 is 4.79 Å². The fourth-order valence-corrected chi connectivity index (χ4v) is 7.24. The van der Waals surface area contributed by atoms with Crippen molar-refractivity contribution in [1.82, 2.24) is 9.97 Å². The monoisotopic (exact) mass is 389 g/mol. The number of anilines is 1. The minimum Gasteiger partial charge on any atom is -0.326 e. The molecule has 0 aliphatic heterocycles. The van der Waals surface area contributed by atoms with E-state index in [-0.39, 0.29) is 21.3 Å². The molecule has 24 heavy (non-hydrogen) atoms. The Morgan fingerprint density at radius 3 is 2.54 bits per heavy atom. The number of amides is 1. The second-order valence-electron chi connectivity index (χ2n) is 8.19. The van der Waals surface area contributed by atoms with E-state index in [1.807, 2.05) is 18.2 Å². The molecule has 2 aromatic rings. The summed E-state index contributed by atoms with van der Waals surface area (Å²) in [5.74, 6) is 1.51. The summed E-state index contributed by atoms with van der Waals surface area (Å²) in [6.07, 6.45) is 6.71. The van der Waals surface area contributed by atoms with Gasteiger partial charge in [0.15, 0.2) is 0 Å². The number of alkyl halides is 1. The molecule has 1 amide bonds. The van der Waals surface area contributed by atoms with Gasteiger partial charge in [-0.15, -0.1) is 0 Å². The molecule has 6 heteroatoms. The molecule has 0 radical (unpaired) electrons. The minimum absolute atomic E-state index is 0.151. The van der Waals surface area contributed by atoms with Crippen LogP contribution in [0.1, 0.15) is 38.5 Å². The van der Waals surface area contributed by atoms with Crippen molar-refractivity contribution in [2.24, 2.45) is 17.3 Å². The summed E-state index contributed by atoms with van der Waals surface area (Å²) < 4.78 is 0.171. The summed E-state index contributed by atoms with van der Waals surface area (Å²) in [6.45, 7) is 0. The molecule has 0 saturated heterocycles. The van der Waals surface area contributed by atoms with Crippen molar-refractivity contribution in [3.8, 4) is 0 Å². The fraction of sp³-hybridized carbons (Fsp3) is 0.556. The molecule has 4 aliphatic rings. The van der Waals surface area contributed by atoms with E-state index in [4.69, 9.17) is 0 Å². The second-order valence-corrected chi connectivity index (χ2v) is 9.87. The predicted molar refractivity (Wildman–Crippen MR) is 96.3 cm³/mol. The molecule has 1 aromatic heterocycles. The molecule has 1 aromatic carbocycles. The van der Waals surface area contributed by atoms with Crippen molar-refractivity contribution in [2.45, 2.75) is 42.8 Å². The highest BCUT2D eigenvalue weighted by Crippen LogP contribution is 2.64. The Balaban J connectivity index is 1.44. The molecule has 6 rings (SSSR count). The first kappa shape index (κ1) is 14.8. The van der Waals surface area contributed by atoms with E-state index in [9.17, 15) is 9.59 Å². The number of benzene rings is 1. The van der Waals surface area contributed by atoms with Gasteiger partial charge in [-0.1, -0.05) is 15.9 Å². The Morgan fingerprint density at radius 1 is 1.12 bits per heavy atom. The molecule has 1 heterocycles. The molecular formula is C18H20BrN3O2. The zero-order valence-corrected chi connectivity index (χ0v) is 14.9. The maximum atomic E-state index is 13.1. The zero-order valence-electron chi connectivity index (χ0n) is 13.3. The minimum atomic E-state index is -0.228. The van der Waals surface area contributed by atoms with E-state index < -0.39 is 0 Å². The summed E-state index contributed by atoms with van der Waals surface area (Å²) in [6, 6.07) is 5.51. The quantitative estimate of drug-likeness (QED) is 0.686. The third-order valence-electron chi connectivity index (χ3n) is 6.25. The largest absolute Gasteiger partial charge is 0.326 e. The normalized spacial score (nSPS) is 37.0. The highest BCUT2D eigenvalue weighted by atomic mass is 79.9. The molecule has 4 aliphatic carbocycles. The summed E-state index contributed by atoms with van der Waals surface area (Å²) >= 11 is 3.96. The number of hydrogen-bond acceptors (Lipinski definition) is 2. The standard InChI is InChI=1S/C18H20BrN3O2/c19-18-7-10-3-11(8-18)6-17(5-10,9-18)15(23)20-12-1-2-13-14(4-12)22-16(24)21-13/h1-2,4,10-11H,3,5-9H2,(H,20,23)(H2,21,22,24). The maximum absolute atomic E-state index is 13.1. The van der Waals surface area contributed by atoms with E-state index in [0.29, 0.717) is 11.8 Å². The average molecular weight is 390 g/mol. The number of carbonyl (C=O) groups is 1. The van der Waals surface area contributed by atoms with Crippen LogP contribution in [0.5, 0.6) is 0 Å². The Hall–Kier alpha value is -1.56. The van der Waals surface area contributed by atoms with Gasteiger partial charge in [0.05, 0.1) is 16.4 Å². The third kappa shape index (κ3) is 2.19. The number of rotatable bonds is 2. The lowest BCUT2D eigenvalue weighted by Gasteiger charge is -2.59. The second kappa shape index (κ2) is 4.75. The molecule has 5 nitrogen and oxygen atoms in total. The van der Waals surface area contributed by atoms with Gasteiger partial charge in [-0.25, -0.2) is 4.79 Å².